The maximum atomic E-state index is 5.35. The van der Waals surface area contributed by atoms with Crippen LogP contribution >= 0.6 is 0 Å². The van der Waals surface area contributed by atoms with Crippen molar-refractivity contribution >= 4 is 11.8 Å². The van der Waals surface area contributed by atoms with E-state index in [9.17, 15) is 0 Å². The zero-order valence-corrected chi connectivity index (χ0v) is 8.49. The average molecular weight is 193 g/mol. The monoisotopic (exact) mass is 193 g/mol. The molecule has 0 unspecified atom stereocenters. The molecule has 0 spiro atoms. The Morgan fingerprint density at radius 2 is 2.14 bits per heavy atom. The molecule has 1 saturated carbocycles. The van der Waals surface area contributed by atoms with Crippen molar-refractivity contribution in [1.82, 2.24) is 9.97 Å². The number of nitrogen functional groups attached to an aromatic ring is 1. The van der Waals surface area contributed by atoms with E-state index in [4.69, 9.17) is 5.84 Å². The van der Waals surface area contributed by atoms with Gasteiger partial charge in [0.15, 0.2) is 0 Å². The molecule has 1 aromatic heterocycles. The maximum absolute atomic E-state index is 5.35. The lowest BCUT2D eigenvalue weighted by atomic mass is 10.3. The third-order valence-corrected chi connectivity index (χ3v) is 2.28. The minimum atomic E-state index is 0.615. The number of hydrazine groups is 1. The fraction of sp³-hybridized carbons (Fsp3) is 0.556. The van der Waals surface area contributed by atoms with E-state index >= 15 is 0 Å². The van der Waals surface area contributed by atoms with Crippen LogP contribution in [0.2, 0.25) is 0 Å². The van der Waals surface area contributed by atoms with Gasteiger partial charge in [-0.3, -0.25) is 0 Å². The Balaban J connectivity index is 2.35. The second-order valence-corrected chi connectivity index (χ2v) is 3.79. The summed E-state index contributed by atoms with van der Waals surface area (Å²) in [5.74, 6) is 7.36. The Morgan fingerprint density at radius 3 is 2.64 bits per heavy atom. The molecule has 0 aromatic carbocycles. The zero-order chi connectivity index (χ0) is 10.1. The summed E-state index contributed by atoms with van der Waals surface area (Å²) in [6.07, 6.45) is 2.46. The van der Waals surface area contributed by atoms with Crippen molar-refractivity contribution in [3.8, 4) is 0 Å². The van der Waals surface area contributed by atoms with Gasteiger partial charge in [-0.15, -0.1) is 0 Å². The van der Waals surface area contributed by atoms with Crippen LogP contribution in [0.15, 0.2) is 6.07 Å². The summed E-state index contributed by atoms with van der Waals surface area (Å²) in [4.78, 5) is 10.6. The van der Waals surface area contributed by atoms with Crippen LogP contribution in [0.4, 0.5) is 11.8 Å². The van der Waals surface area contributed by atoms with Crippen LogP contribution in [-0.4, -0.2) is 24.1 Å². The summed E-state index contributed by atoms with van der Waals surface area (Å²) in [6, 6.07) is 1.92. The molecule has 5 heteroatoms. The summed E-state index contributed by atoms with van der Waals surface area (Å²) in [7, 11) is 3.85. The van der Waals surface area contributed by atoms with Gasteiger partial charge in [0.2, 0.25) is 5.95 Å². The molecule has 1 aliphatic carbocycles. The number of hydrogen-bond acceptors (Lipinski definition) is 5. The number of aromatic nitrogens is 2. The van der Waals surface area contributed by atoms with Gasteiger partial charge in [-0.1, -0.05) is 0 Å². The standard InChI is InChI=1S/C9H15N5/c1-14(2)9-11-7(6-3-4-6)5-8(12-9)13-10/h5-6H,3-4,10H2,1-2H3,(H,11,12,13). The predicted octanol–water partition coefficient (Wildman–Crippen LogP) is 0.706. The first-order chi connectivity index (χ1) is 6.70. The number of nitrogens with two attached hydrogens (primary N) is 1. The molecule has 0 amide bonds. The lowest BCUT2D eigenvalue weighted by Gasteiger charge is -2.12. The van der Waals surface area contributed by atoms with Crippen molar-refractivity contribution in [1.29, 1.82) is 0 Å². The highest BCUT2D eigenvalue weighted by atomic mass is 15.3. The molecule has 3 N–H and O–H groups in total. The van der Waals surface area contributed by atoms with Gasteiger partial charge >= 0.3 is 0 Å². The van der Waals surface area contributed by atoms with E-state index in [-0.39, 0.29) is 0 Å². The molecule has 1 aromatic rings. The molecule has 0 atom stereocenters. The zero-order valence-electron chi connectivity index (χ0n) is 8.49. The molecule has 1 heterocycles. The predicted molar refractivity (Wildman–Crippen MR) is 56.1 cm³/mol. The molecule has 1 aliphatic rings. The van der Waals surface area contributed by atoms with E-state index in [1.54, 1.807) is 0 Å². The van der Waals surface area contributed by atoms with Gasteiger partial charge in [0.05, 0.1) is 5.69 Å². The van der Waals surface area contributed by atoms with E-state index in [2.05, 4.69) is 15.4 Å². The molecular formula is C9H15N5. The van der Waals surface area contributed by atoms with Crippen LogP contribution in [0.25, 0.3) is 0 Å². The summed E-state index contributed by atoms with van der Waals surface area (Å²) < 4.78 is 0. The van der Waals surface area contributed by atoms with Crippen molar-refractivity contribution < 1.29 is 0 Å². The van der Waals surface area contributed by atoms with Crippen LogP contribution in [0.3, 0.4) is 0 Å². The van der Waals surface area contributed by atoms with Crippen LogP contribution in [-0.2, 0) is 0 Å². The minimum Gasteiger partial charge on any atom is -0.347 e. The van der Waals surface area contributed by atoms with Crippen molar-refractivity contribution in [2.75, 3.05) is 24.4 Å². The normalized spacial score (nSPS) is 15.4. The lowest BCUT2D eigenvalue weighted by Crippen LogP contribution is -2.16. The third kappa shape index (κ3) is 1.77. The Bertz CT molecular complexity index is 312. The molecule has 1 fully saturated rings. The van der Waals surface area contributed by atoms with Crippen LogP contribution in [0.5, 0.6) is 0 Å². The van der Waals surface area contributed by atoms with Gasteiger partial charge in [-0.05, 0) is 12.8 Å². The third-order valence-electron chi connectivity index (χ3n) is 2.28. The minimum absolute atomic E-state index is 0.615. The maximum Gasteiger partial charge on any atom is 0.227 e. The molecular weight excluding hydrogens is 178 g/mol. The molecule has 14 heavy (non-hydrogen) atoms. The van der Waals surface area contributed by atoms with Crippen LogP contribution in [0.1, 0.15) is 24.5 Å². The summed E-state index contributed by atoms with van der Waals surface area (Å²) in [5.41, 5.74) is 3.66. The van der Waals surface area contributed by atoms with Gasteiger partial charge < -0.3 is 10.3 Å². The Labute approximate surface area is 83.3 Å². The molecule has 0 saturated heterocycles. The van der Waals surface area contributed by atoms with Crippen molar-refractivity contribution in [3.05, 3.63) is 11.8 Å². The summed E-state index contributed by atoms with van der Waals surface area (Å²) in [5, 5.41) is 0. The number of anilines is 2. The van der Waals surface area contributed by atoms with Crippen molar-refractivity contribution in [3.63, 3.8) is 0 Å². The number of nitrogens with zero attached hydrogens (tertiary/aromatic N) is 3. The fourth-order valence-electron chi connectivity index (χ4n) is 1.32. The number of rotatable bonds is 3. The van der Waals surface area contributed by atoms with Gasteiger partial charge in [0.1, 0.15) is 5.82 Å². The molecule has 0 radical (unpaired) electrons. The summed E-state index contributed by atoms with van der Waals surface area (Å²) >= 11 is 0. The van der Waals surface area contributed by atoms with E-state index in [0.717, 1.165) is 5.69 Å². The van der Waals surface area contributed by atoms with Gasteiger partial charge in [0, 0.05) is 26.1 Å². The van der Waals surface area contributed by atoms with E-state index in [1.807, 2.05) is 25.1 Å². The Kier molecular flexibility index (Phi) is 2.25. The Hall–Kier alpha value is -1.36. The molecule has 0 aliphatic heterocycles. The second kappa shape index (κ2) is 3.42. The molecule has 5 nitrogen and oxygen atoms in total. The lowest BCUT2D eigenvalue weighted by molar-refractivity contribution is 0.932. The first kappa shape index (κ1) is 9.21. The first-order valence-electron chi connectivity index (χ1n) is 4.73. The van der Waals surface area contributed by atoms with Crippen molar-refractivity contribution in [2.24, 2.45) is 5.84 Å². The number of hydrogen-bond donors (Lipinski definition) is 2. The van der Waals surface area contributed by atoms with Crippen LogP contribution < -0.4 is 16.2 Å². The average Bonchev–Trinajstić information content (AvgIpc) is 3.00. The van der Waals surface area contributed by atoms with Crippen molar-refractivity contribution in [2.45, 2.75) is 18.8 Å². The Morgan fingerprint density at radius 1 is 1.43 bits per heavy atom. The van der Waals surface area contributed by atoms with E-state index in [1.165, 1.54) is 12.8 Å². The topological polar surface area (TPSA) is 67.1 Å². The second-order valence-electron chi connectivity index (χ2n) is 3.79. The largest absolute Gasteiger partial charge is 0.347 e. The smallest absolute Gasteiger partial charge is 0.227 e. The molecule has 0 bridgehead atoms. The van der Waals surface area contributed by atoms with Gasteiger partial charge in [-0.2, -0.15) is 4.98 Å². The number of nitrogens with one attached hydrogen (secondary N) is 1. The quantitative estimate of drug-likeness (QED) is 0.546. The van der Waals surface area contributed by atoms with E-state index < -0.39 is 0 Å². The van der Waals surface area contributed by atoms with Crippen LogP contribution in [0, 0.1) is 0 Å². The molecule has 76 valence electrons. The highest BCUT2D eigenvalue weighted by molar-refractivity contribution is 5.43. The SMILES string of the molecule is CN(C)c1nc(NN)cc(C2CC2)n1. The highest BCUT2D eigenvalue weighted by Gasteiger charge is 2.26. The fourth-order valence-corrected chi connectivity index (χ4v) is 1.32. The summed E-state index contributed by atoms with van der Waals surface area (Å²) in [6.45, 7) is 0. The highest BCUT2D eigenvalue weighted by Crippen LogP contribution is 2.39. The molecule has 2 rings (SSSR count). The van der Waals surface area contributed by atoms with Gasteiger partial charge in [-0.25, -0.2) is 10.8 Å². The van der Waals surface area contributed by atoms with Gasteiger partial charge in [0.25, 0.3) is 0 Å². The first-order valence-corrected chi connectivity index (χ1v) is 4.73. The van der Waals surface area contributed by atoms with E-state index in [0.29, 0.717) is 17.7 Å².